The van der Waals surface area contributed by atoms with Gasteiger partial charge in [-0.15, -0.1) is 0 Å². The molecule has 0 aliphatic carbocycles. The molecule has 0 unspecified atom stereocenters. The zero-order chi connectivity index (χ0) is 13.9. The minimum atomic E-state index is -0.0477. The summed E-state index contributed by atoms with van der Waals surface area (Å²) in [6.07, 6.45) is 8.27. The van der Waals surface area contributed by atoms with Gasteiger partial charge in [-0.2, -0.15) is 0 Å². The van der Waals surface area contributed by atoms with Crippen molar-refractivity contribution in [1.29, 1.82) is 0 Å². The summed E-state index contributed by atoms with van der Waals surface area (Å²) in [6.45, 7) is 2.88. The Bertz CT molecular complexity index is 355. The van der Waals surface area contributed by atoms with Crippen LogP contribution in [-0.4, -0.2) is 28.4 Å². The Kier molecular flexibility index (Phi) is 8.18. The van der Waals surface area contributed by atoms with Crippen molar-refractivity contribution < 1.29 is 14.9 Å². The zero-order valence-corrected chi connectivity index (χ0v) is 11.8. The first-order valence-corrected chi connectivity index (χ1v) is 7.08. The van der Waals surface area contributed by atoms with Gasteiger partial charge < -0.3 is 14.9 Å². The summed E-state index contributed by atoms with van der Waals surface area (Å²) in [5, 5.41) is 17.8. The van der Waals surface area contributed by atoms with Crippen molar-refractivity contribution in [3.8, 4) is 5.75 Å². The molecule has 0 amide bonds. The van der Waals surface area contributed by atoms with Crippen LogP contribution in [0, 0.1) is 6.92 Å². The molecule has 0 bridgehead atoms. The standard InChI is InChI=1S/C15H25NO3/c1-13-14(12-18)16-9-8-15(13)19-11-7-5-3-2-4-6-10-17/h8-9,17-18H,2-7,10-12H2,1H3. The molecule has 0 spiro atoms. The van der Waals surface area contributed by atoms with Crippen LogP contribution in [-0.2, 0) is 6.61 Å². The number of rotatable bonds is 10. The quantitative estimate of drug-likeness (QED) is 0.640. The topological polar surface area (TPSA) is 62.6 Å². The first-order valence-electron chi connectivity index (χ1n) is 7.08. The molecule has 0 aliphatic heterocycles. The molecule has 1 aromatic rings. The van der Waals surface area contributed by atoms with E-state index < -0.39 is 0 Å². The van der Waals surface area contributed by atoms with Gasteiger partial charge in [0.2, 0.25) is 0 Å². The summed E-state index contributed by atoms with van der Waals surface area (Å²) in [6, 6.07) is 1.84. The fourth-order valence-electron chi connectivity index (χ4n) is 1.98. The van der Waals surface area contributed by atoms with E-state index in [1.807, 2.05) is 13.0 Å². The average molecular weight is 267 g/mol. The van der Waals surface area contributed by atoms with Gasteiger partial charge in [-0.3, -0.25) is 4.98 Å². The number of nitrogens with zero attached hydrogens (tertiary/aromatic N) is 1. The molecule has 4 nitrogen and oxygen atoms in total. The van der Waals surface area contributed by atoms with Crippen LogP contribution in [0.5, 0.6) is 5.75 Å². The third-order valence-electron chi connectivity index (χ3n) is 3.22. The predicted octanol–water partition coefficient (Wildman–Crippen LogP) is 2.59. The van der Waals surface area contributed by atoms with E-state index in [0.29, 0.717) is 18.9 Å². The van der Waals surface area contributed by atoms with Gasteiger partial charge in [0.15, 0.2) is 0 Å². The molecule has 1 aromatic heterocycles. The molecule has 0 aliphatic rings. The van der Waals surface area contributed by atoms with E-state index in [-0.39, 0.29) is 6.61 Å². The Morgan fingerprint density at radius 2 is 1.74 bits per heavy atom. The number of aliphatic hydroxyl groups excluding tert-OH is 2. The number of aliphatic hydroxyl groups is 2. The van der Waals surface area contributed by atoms with E-state index in [1.54, 1.807) is 6.20 Å². The third kappa shape index (κ3) is 6.03. The number of unbranched alkanes of at least 4 members (excludes halogenated alkanes) is 5. The fourth-order valence-corrected chi connectivity index (χ4v) is 1.98. The number of aromatic nitrogens is 1. The molecule has 0 atom stereocenters. The van der Waals surface area contributed by atoms with Crippen molar-refractivity contribution in [3.63, 3.8) is 0 Å². The normalized spacial score (nSPS) is 10.7. The van der Waals surface area contributed by atoms with Crippen molar-refractivity contribution in [2.45, 2.75) is 52.1 Å². The second-order valence-electron chi connectivity index (χ2n) is 4.73. The highest BCUT2D eigenvalue weighted by Crippen LogP contribution is 2.19. The summed E-state index contributed by atoms with van der Waals surface area (Å²) in [5.41, 5.74) is 1.61. The van der Waals surface area contributed by atoms with Gasteiger partial charge in [-0.25, -0.2) is 0 Å². The van der Waals surface area contributed by atoms with Crippen LogP contribution in [0.25, 0.3) is 0 Å². The molecule has 108 valence electrons. The Labute approximate surface area is 115 Å². The molecule has 19 heavy (non-hydrogen) atoms. The molecular formula is C15H25NO3. The van der Waals surface area contributed by atoms with E-state index in [0.717, 1.165) is 37.0 Å². The summed E-state index contributed by atoms with van der Waals surface area (Å²) in [5.74, 6) is 0.819. The van der Waals surface area contributed by atoms with Gasteiger partial charge >= 0.3 is 0 Å². The van der Waals surface area contributed by atoms with Crippen LogP contribution in [0.1, 0.15) is 49.8 Å². The Hall–Kier alpha value is -1.13. The smallest absolute Gasteiger partial charge is 0.125 e. The van der Waals surface area contributed by atoms with Crippen molar-refractivity contribution in [2.75, 3.05) is 13.2 Å². The van der Waals surface area contributed by atoms with Crippen LogP contribution < -0.4 is 4.74 Å². The maximum atomic E-state index is 9.12. The molecule has 4 heteroatoms. The molecule has 0 saturated carbocycles. The molecule has 2 N–H and O–H groups in total. The lowest BCUT2D eigenvalue weighted by Crippen LogP contribution is -2.02. The third-order valence-corrected chi connectivity index (χ3v) is 3.22. The zero-order valence-electron chi connectivity index (χ0n) is 11.8. The van der Waals surface area contributed by atoms with Crippen molar-refractivity contribution in [2.24, 2.45) is 0 Å². The van der Waals surface area contributed by atoms with Crippen LogP contribution in [0.15, 0.2) is 12.3 Å². The van der Waals surface area contributed by atoms with Crippen LogP contribution in [0.4, 0.5) is 0 Å². The molecule has 0 radical (unpaired) electrons. The van der Waals surface area contributed by atoms with E-state index in [9.17, 15) is 0 Å². The van der Waals surface area contributed by atoms with Gasteiger partial charge in [0.1, 0.15) is 5.75 Å². The SMILES string of the molecule is Cc1c(OCCCCCCCCO)ccnc1CO. The largest absolute Gasteiger partial charge is 0.493 e. The summed E-state index contributed by atoms with van der Waals surface area (Å²) in [7, 11) is 0. The average Bonchev–Trinajstić information content (AvgIpc) is 2.43. The molecule has 1 rings (SSSR count). The minimum absolute atomic E-state index is 0.0477. The van der Waals surface area contributed by atoms with E-state index >= 15 is 0 Å². The van der Waals surface area contributed by atoms with Crippen LogP contribution in [0.3, 0.4) is 0 Å². The summed E-state index contributed by atoms with van der Waals surface area (Å²) >= 11 is 0. The maximum absolute atomic E-state index is 9.12. The van der Waals surface area contributed by atoms with Crippen LogP contribution in [0.2, 0.25) is 0 Å². The lowest BCUT2D eigenvalue weighted by Gasteiger charge is -2.10. The van der Waals surface area contributed by atoms with E-state index in [2.05, 4.69) is 4.98 Å². The Balaban J connectivity index is 2.16. The fraction of sp³-hybridized carbons (Fsp3) is 0.667. The van der Waals surface area contributed by atoms with Gasteiger partial charge in [0.25, 0.3) is 0 Å². The molecule has 0 saturated heterocycles. The summed E-state index contributed by atoms with van der Waals surface area (Å²) < 4.78 is 5.72. The highest BCUT2D eigenvalue weighted by Gasteiger charge is 2.05. The van der Waals surface area contributed by atoms with Gasteiger partial charge in [0.05, 0.1) is 18.9 Å². The first-order chi connectivity index (χ1) is 9.29. The maximum Gasteiger partial charge on any atom is 0.125 e. The highest BCUT2D eigenvalue weighted by atomic mass is 16.5. The highest BCUT2D eigenvalue weighted by molar-refractivity contribution is 5.34. The second-order valence-corrected chi connectivity index (χ2v) is 4.73. The number of ether oxygens (including phenoxy) is 1. The first kappa shape index (κ1) is 15.9. The van der Waals surface area contributed by atoms with Gasteiger partial charge in [0, 0.05) is 18.4 Å². The lowest BCUT2D eigenvalue weighted by atomic mass is 10.1. The van der Waals surface area contributed by atoms with Gasteiger partial charge in [-0.1, -0.05) is 25.7 Å². The van der Waals surface area contributed by atoms with Crippen molar-refractivity contribution >= 4 is 0 Å². The van der Waals surface area contributed by atoms with E-state index in [4.69, 9.17) is 14.9 Å². The van der Waals surface area contributed by atoms with Gasteiger partial charge in [-0.05, 0) is 25.8 Å². The van der Waals surface area contributed by atoms with Crippen molar-refractivity contribution in [3.05, 3.63) is 23.5 Å². The number of hydrogen-bond donors (Lipinski definition) is 2. The Morgan fingerprint density at radius 1 is 1.05 bits per heavy atom. The van der Waals surface area contributed by atoms with Crippen LogP contribution >= 0.6 is 0 Å². The predicted molar refractivity (Wildman–Crippen MR) is 75.2 cm³/mol. The second kappa shape index (κ2) is 9.75. The monoisotopic (exact) mass is 267 g/mol. The number of hydrogen-bond acceptors (Lipinski definition) is 4. The summed E-state index contributed by atoms with van der Waals surface area (Å²) in [4.78, 5) is 4.09. The number of pyridine rings is 1. The molecule has 0 fully saturated rings. The van der Waals surface area contributed by atoms with E-state index in [1.165, 1.54) is 12.8 Å². The molecular weight excluding hydrogens is 242 g/mol. The Morgan fingerprint density at radius 3 is 2.42 bits per heavy atom. The molecule has 0 aromatic carbocycles. The lowest BCUT2D eigenvalue weighted by molar-refractivity contribution is 0.270. The minimum Gasteiger partial charge on any atom is -0.493 e. The molecule has 1 heterocycles. The van der Waals surface area contributed by atoms with Crippen molar-refractivity contribution in [1.82, 2.24) is 4.98 Å².